The van der Waals surface area contributed by atoms with Crippen LogP contribution in [0, 0.1) is 12.8 Å². The molecule has 0 spiro atoms. The highest BCUT2D eigenvalue weighted by Crippen LogP contribution is 2.40. The first-order valence-corrected chi connectivity index (χ1v) is 10.5. The van der Waals surface area contributed by atoms with Crippen LogP contribution in [0.25, 0.3) is 32.4 Å². The summed E-state index contributed by atoms with van der Waals surface area (Å²) in [5.41, 5.74) is 5.53. The summed E-state index contributed by atoms with van der Waals surface area (Å²) in [6, 6.07) is 3.85. The summed E-state index contributed by atoms with van der Waals surface area (Å²) >= 11 is 1.41. The van der Waals surface area contributed by atoms with Gasteiger partial charge in [0.1, 0.15) is 5.52 Å². The van der Waals surface area contributed by atoms with Gasteiger partial charge < -0.3 is 14.8 Å². The van der Waals surface area contributed by atoms with Gasteiger partial charge in [-0.05, 0) is 43.9 Å². The second-order valence-electron chi connectivity index (χ2n) is 7.43. The van der Waals surface area contributed by atoms with Gasteiger partial charge in [-0.1, -0.05) is 18.3 Å². The molecule has 0 radical (unpaired) electrons. The number of carbonyl (C=O) groups excluding carboxylic acids is 1. The number of aliphatic hydroxyl groups is 1. The molecule has 29 heavy (non-hydrogen) atoms. The molecule has 0 bridgehead atoms. The first kappa shape index (κ1) is 18.2. The van der Waals surface area contributed by atoms with Crippen LogP contribution in [0.5, 0.6) is 0 Å². The van der Waals surface area contributed by atoms with E-state index >= 15 is 0 Å². The second kappa shape index (κ2) is 6.89. The fourth-order valence-corrected chi connectivity index (χ4v) is 4.40. The maximum Gasteiger partial charge on any atom is 0.229 e. The zero-order chi connectivity index (χ0) is 20.1. The third kappa shape index (κ3) is 3.18. The lowest BCUT2D eigenvalue weighted by molar-refractivity contribution is -0.117. The van der Waals surface area contributed by atoms with Crippen LogP contribution in [0.4, 0.5) is 5.13 Å². The van der Waals surface area contributed by atoms with Gasteiger partial charge in [0.05, 0.1) is 22.0 Å². The molecule has 0 aliphatic heterocycles. The summed E-state index contributed by atoms with van der Waals surface area (Å²) in [6.07, 6.45) is 5.11. The predicted molar refractivity (Wildman–Crippen MR) is 112 cm³/mol. The molecule has 148 valence electrons. The van der Waals surface area contributed by atoms with E-state index in [0.717, 1.165) is 45.3 Å². The minimum absolute atomic E-state index is 0.0331. The number of aromatic nitrogens is 3. The van der Waals surface area contributed by atoms with Crippen LogP contribution in [0.3, 0.4) is 0 Å². The van der Waals surface area contributed by atoms with Gasteiger partial charge in [-0.15, -0.1) is 0 Å². The number of anilines is 1. The maximum absolute atomic E-state index is 12.1. The molecule has 4 aromatic rings. The van der Waals surface area contributed by atoms with E-state index in [0.29, 0.717) is 22.8 Å². The molecule has 5 rings (SSSR count). The Labute approximate surface area is 170 Å². The molecule has 1 saturated carbocycles. The molecular formula is C21H20N4O3S. The van der Waals surface area contributed by atoms with Crippen molar-refractivity contribution < 1.29 is 14.3 Å². The fourth-order valence-electron chi connectivity index (χ4n) is 3.46. The van der Waals surface area contributed by atoms with Gasteiger partial charge in [-0.3, -0.25) is 9.78 Å². The van der Waals surface area contributed by atoms with Gasteiger partial charge in [0.15, 0.2) is 17.1 Å². The first-order chi connectivity index (χ1) is 14.0. The molecule has 2 N–H and O–H groups in total. The number of nitrogens with one attached hydrogen (secondary N) is 1. The van der Waals surface area contributed by atoms with Gasteiger partial charge >= 0.3 is 0 Å². The number of oxazole rings is 1. The minimum atomic E-state index is -0.577. The Morgan fingerprint density at radius 1 is 1.34 bits per heavy atom. The van der Waals surface area contributed by atoms with E-state index in [1.165, 1.54) is 17.7 Å². The monoisotopic (exact) mass is 408 g/mol. The topological polar surface area (TPSA) is 101 Å². The van der Waals surface area contributed by atoms with Crippen LogP contribution >= 0.6 is 11.3 Å². The number of hydrogen-bond acceptors (Lipinski definition) is 7. The van der Waals surface area contributed by atoms with Crippen molar-refractivity contribution in [2.24, 2.45) is 5.92 Å². The third-order valence-corrected chi connectivity index (χ3v) is 6.28. The van der Waals surface area contributed by atoms with Gasteiger partial charge in [0.2, 0.25) is 5.91 Å². The van der Waals surface area contributed by atoms with Gasteiger partial charge in [-0.25, -0.2) is 9.97 Å². The Balaban J connectivity index is 1.62. The molecule has 1 aromatic carbocycles. The van der Waals surface area contributed by atoms with Gasteiger partial charge in [0.25, 0.3) is 0 Å². The summed E-state index contributed by atoms with van der Waals surface area (Å²) in [5.74, 6) is 0.154. The molecule has 1 amide bonds. The van der Waals surface area contributed by atoms with Crippen molar-refractivity contribution in [3.63, 3.8) is 0 Å². The van der Waals surface area contributed by atoms with Gasteiger partial charge in [-0.2, -0.15) is 0 Å². The molecule has 0 saturated heterocycles. The van der Waals surface area contributed by atoms with E-state index in [-0.39, 0.29) is 11.8 Å². The lowest BCUT2D eigenvalue weighted by Gasteiger charge is -2.11. The number of benzene rings is 1. The van der Waals surface area contributed by atoms with Crippen molar-refractivity contribution in [1.29, 1.82) is 0 Å². The number of pyridine rings is 1. The summed E-state index contributed by atoms with van der Waals surface area (Å²) in [5, 5.41) is 13.6. The van der Waals surface area contributed by atoms with Crippen LogP contribution in [0.2, 0.25) is 0 Å². The van der Waals surface area contributed by atoms with E-state index in [2.05, 4.69) is 20.3 Å². The van der Waals surface area contributed by atoms with Gasteiger partial charge in [0, 0.05) is 23.2 Å². The van der Waals surface area contributed by atoms with Crippen molar-refractivity contribution in [3.05, 3.63) is 36.0 Å². The highest BCUT2D eigenvalue weighted by molar-refractivity contribution is 7.23. The molecule has 1 aliphatic carbocycles. The summed E-state index contributed by atoms with van der Waals surface area (Å²) in [7, 11) is 0. The molecule has 3 heterocycles. The second-order valence-corrected chi connectivity index (χ2v) is 8.43. The highest BCUT2D eigenvalue weighted by atomic mass is 32.1. The number of amides is 1. The molecule has 1 fully saturated rings. The van der Waals surface area contributed by atoms with Crippen molar-refractivity contribution in [1.82, 2.24) is 15.0 Å². The largest absolute Gasteiger partial charge is 0.443 e. The smallest absolute Gasteiger partial charge is 0.229 e. The lowest BCUT2D eigenvalue weighted by Crippen LogP contribution is -2.12. The van der Waals surface area contributed by atoms with E-state index in [4.69, 9.17) is 4.42 Å². The Kier molecular flexibility index (Phi) is 4.33. The first-order valence-electron chi connectivity index (χ1n) is 9.67. The number of carbonyl (C=O) groups is 1. The number of nitrogens with zero attached hydrogens (tertiary/aromatic N) is 3. The molecule has 1 aliphatic rings. The number of thiazole rings is 1. The number of aryl methyl sites for hydroxylation is 1. The quantitative estimate of drug-likeness (QED) is 0.500. The van der Waals surface area contributed by atoms with Crippen molar-refractivity contribution in [2.45, 2.75) is 39.2 Å². The maximum atomic E-state index is 12.1. The van der Waals surface area contributed by atoms with E-state index in [1.807, 2.05) is 26.0 Å². The van der Waals surface area contributed by atoms with Crippen molar-refractivity contribution in [3.8, 4) is 11.1 Å². The Bertz CT molecular complexity index is 1240. The predicted octanol–water partition coefficient (Wildman–Crippen LogP) is 4.60. The zero-order valence-electron chi connectivity index (χ0n) is 16.1. The van der Waals surface area contributed by atoms with Crippen LogP contribution in [0.15, 0.2) is 29.1 Å². The van der Waals surface area contributed by atoms with Crippen LogP contribution in [-0.2, 0) is 4.79 Å². The molecular weight excluding hydrogens is 388 g/mol. The van der Waals surface area contributed by atoms with E-state index in [9.17, 15) is 9.90 Å². The van der Waals surface area contributed by atoms with Crippen molar-refractivity contribution >= 4 is 43.7 Å². The third-order valence-electron chi connectivity index (χ3n) is 5.29. The van der Waals surface area contributed by atoms with E-state index < -0.39 is 6.10 Å². The van der Waals surface area contributed by atoms with Crippen LogP contribution < -0.4 is 5.32 Å². The molecule has 8 heteroatoms. The SMILES string of the molecule is CCC(O)c1cc(C)c(-c2cc3nc(NC(=O)C4CC4)sc3c3ncoc23)cn1. The number of fused-ring (bicyclic) bond motifs is 3. The molecule has 7 nitrogen and oxygen atoms in total. The summed E-state index contributed by atoms with van der Waals surface area (Å²) in [6.45, 7) is 3.90. The molecule has 1 atom stereocenters. The molecule has 1 unspecified atom stereocenters. The highest BCUT2D eigenvalue weighted by Gasteiger charge is 2.30. The van der Waals surface area contributed by atoms with Crippen LogP contribution in [0.1, 0.15) is 43.5 Å². The average molecular weight is 408 g/mol. The normalized spacial score (nSPS) is 15.1. The number of rotatable bonds is 5. The summed E-state index contributed by atoms with van der Waals surface area (Å²) in [4.78, 5) is 25.5. The zero-order valence-corrected chi connectivity index (χ0v) is 16.9. The van der Waals surface area contributed by atoms with Crippen LogP contribution in [-0.4, -0.2) is 26.0 Å². The Hall–Kier alpha value is -2.84. The minimum Gasteiger partial charge on any atom is -0.443 e. The number of aliphatic hydroxyl groups excluding tert-OH is 1. The summed E-state index contributed by atoms with van der Waals surface area (Å²) < 4.78 is 6.59. The van der Waals surface area contributed by atoms with Crippen molar-refractivity contribution in [2.75, 3.05) is 5.32 Å². The Morgan fingerprint density at radius 2 is 2.17 bits per heavy atom. The fraction of sp³-hybridized carbons (Fsp3) is 0.333. The van der Waals surface area contributed by atoms with E-state index in [1.54, 1.807) is 6.20 Å². The molecule has 3 aromatic heterocycles. The Morgan fingerprint density at radius 3 is 2.90 bits per heavy atom. The lowest BCUT2D eigenvalue weighted by atomic mass is 9.99. The standard InChI is InChI=1S/C21H20N4O3S/c1-3-16(26)14-6-10(2)13(8-22-14)12-7-15-19(17-18(12)28-9-23-17)29-21(24-15)25-20(27)11-4-5-11/h6-9,11,16,26H,3-5H2,1-2H3,(H,24,25,27). The average Bonchev–Trinajstić information content (AvgIpc) is 3.31. The number of hydrogen-bond donors (Lipinski definition) is 2.